The Hall–Kier alpha value is -0.840. The number of nitroso groups, excluding NO2 is 2. The van der Waals surface area contributed by atoms with E-state index >= 15 is 0 Å². The highest BCUT2D eigenvalue weighted by atomic mass is 16.5. The van der Waals surface area contributed by atoms with E-state index in [9.17, 15) is 9.81 Å². The molecule has 0 bridgehead atoms. The van der Waals surface area contributed by atoms with E-state index in [-0.39, 0.29) is 12.7 Å². The summed E-state index contributed by atoms with van der Waals surface area (Å²) < 4.78 is 5.12. The third-order valence-electron chi connectivity index (χ3n) is 1.84. The molecule has 1 rings (SSSR count). The van der Waals surface area contributed by atoms with Gasteiger partial charge >= 0.3 is 0 Å². The van der Waals surface area contributed by atoms with Crippen molar-refractivity contribution in [1.82, 2.24) is 0 Å². The van der Waals surface area contributed by atoms with E-state index in [1.807, 2.05) is 6.92 Å². The van der Waals surface area contributed by atoms with Gasteiger partial charge in [-0.1, -0.05) is 10.4 Å². The molecule has 1 heterocycles. The quantitative estimate of drug-likeness (QED) is 0.564. The minimum Gasteiger partial charge on any atom is -0.376 e. The lowest BCUT2D eigenvalue weighted by atomic mass is 10.0. The topological polar surface area (TPSA) is 68.1 Å². The van der Waals surface area contributed by atoms with Gasteiger partial charge in [-0.25, -0.2) is 0 Å². The van der Waals surface area contributed by atoms with Gasteiger partial charge in [-0.15, -0.1) is 0 Å². The Labute approximate surface area is 64.1 Å². The van der Waals surface area contributed by atoms with Crippen LogP contribution in [0.2, 0.25) is 0 Å². The highest BCUT2D eigenvalue weighted by Crippen LogP contribution is 2.18. The van der Waals surface area contributed by atoms with Gasteiger partial charge in [0.2, 0.25) is 0 Å². The van der Waals surface area contributed by atoms with Gasteiger partial charge in [-0.05, 0) is 6.92 Å². The molecule has 0 saturated carbocycles. The molecule has 1 saturated heterocycles. The predicted octanol–water partition coefficient (Wildman–Crippen LogP) is 1.07. The van der Waals surface area contributed by atoms with Gasteiger partial charge in [0.25, 0.3) is 0 Å². The number of hydrogen-bond acceptors (Lipinski definition) is 5. The molecule has 0 aliphatic carbocycles. The fraction of sp³-hybridized carbons (Fsp3) is 1.00. The molecular formula is C6H10N2O3. The normalized spacial score (nSPS) is 38.1. The van der Waals surface area contributed by atoms with E-state index in [0.29, 0.717) is 6.42 Å². The van der Waals surface area contributed by atoms with Crippen LogP contribution >= 0.6 is 0 Å². The molecule has 0 amide bonds. The molecule has 0 unspecified atom stereocenters. The second-order valence-electron chi connectivity index (χ2n) is 2.73. The molecule has 0 aromatic heterocycles. The Morgan fingerprint density at radius 1 is 1.27 bits per heavy atom. The van der Waals surface area contributed by atoms with Crippen LogP contribution in [0, 0.1) is 9.81 Å². The van der Waals surface area contributed by atoms with Crippen molar-refractivity contribution < 1.29 is 4.74 Å². The van der Waals surface area contributed by atoms with Crippen LogP contribution in [0.15, 0.2) is 10.4 Å². The molecule has 0 spiro atoms. The number of hydrogen-bond donors (Lipinski definition) is 0. The molecule has 0 aromatic rings. The standard InChI is InChI=1S/C6H10N2O3/c1-4-2-5(7-9)6(8-10)3-11-4/h4-6H,2-3H2,1H3/t4-,5+,6-/m0/s1. The monoisotopic (exact) mass is 158 g/mol. The van der Waals surface area contributed by atoms with Crippen molar-refractivity contribution in [2.45, 2.75) is 31.5 Å². The van der Waals surface area contributed by atoms with E-state index in [1.165, 1.54) is 0 Å². The van der Waals surface area contributed by atoms with Crippen molar-refractivity contribution in [1.29, 1.82) is 0 Å². The Kier molecular flexibility index (Phi) is 2.64. The Bertz CT molecular complexity index is 162. The predicted molar refractivity (Wildman–Crippen MR) is 39.2 cm³/mol. The van der Waals surface area contributed by atoms with Gasteiger partial charge in [0.15, 0.2) is 0 Å². The summed E-state index contributed by atoms with van der Waals surface area (Å²) in [6.07, 6.45) is 0.510. The van der Waals surface area contributed by atoms with Crippen molar-refractivity contribution in [3.63, 3.8) is 0 Å². The van der Waals surface area contributed by atoms with E-state index in [0.717, 1.165) is 0 Å². The molecule has 62 valence electrons. The van der Waals surface area contributed by atoms with Crippen molar-refractivity contribution in [2.75, 3.05) is 6.61 Å². The summed E-state index contributed by atoms with van der Waals surface area (Å²) >= 11 is 0. The lowest BCUT2D eigenvalue weighted by Crippen LogP contribution is -2.37. The zero-order valence-electron chi connectivity index (χ0n) is 6.27. The maximum absolute atomic E-state index is 10.2. The van der Waals surface area contributed by atoms with Gasteiger partial charge in [0.1, 0.15) is 12.1 Å². The first-order valence-corrected chi connectivity index (χ1v) is 3.54. The van der Waals surface area contributed by atoms with E-state index < -0.39 is 12.1 Å². The second kappa shape index (κ2) is 3.52. The summed E-state index contributed by atoms with van der Waals surface area (Å²) in [6.45, 7) is 2.07. The first-order chi connectivity index (χ1) is 5.27. The first kappa shape index (κ1) is 8.26. The molecule has 1 aliphatic heterocycles. The lowest BCUT2D eigenvalue weighted by Gasteiger charge is -2.25. The molecule has 0 radical (unpaired) electrons. The Balaban J connectivity index is 2.54. The highest BCUT2D eigenvalue weighted by molar-refractivity contribution is 4.86. The van der Waals surface area contributed by atoms with Gasteiger partial charge in [0.05, 0.1) is 12.7 Å². The van der Waals surface area contributed by atoms with E-state index in [4.69, 9.17) is 4.74 Å². The fourth-order valence-corrected chi connectivity index (χ4v) is 1.15. The molecule has 1 aliphatic rings. The molecule has 5 heteroatoms. The summed E-state index contributed by atoms with van der Waals surface area (Å²) in [5.74, 6) is 0. The summed E-state index contributed by atoms with van der Waals surface area (Å²) in [6, 6.07) is -1.07. The average molecular weight is 158 g/mol. The van der Waals surface area contributed by atoms with Crippen LogP contribution in [-0.4, -0.2) is 24.8 Å². The molecular weight excluding hydrogens is 148 g/mol. The number of ether oxygens (including phenoxy) is 1. The largest absolute Gasteiger partial charge is 0.376 e. The van der Waals surface area contributed by atoms with Crippen molar-refractivity contribution >= 4 is 0 Å². The zero-order chi connectivity index (χ0) is 8.27. The lowest BCUT2D eigenvalue weighted by molar-refractivity contribution is 0.00841. The minimum atomic E-state index is -0.580. The SMILES string of the molecule is C[C@H]1C[C@@H](N=O)[C@@H](N=O)CO1. The second-order valence-corrected chi connectivity index (χ2v) is 2.73. The Morgan fingerprint density at radius 3 is 2.45 bits per heavy atom. The first-order valence-electron chi connectivity index (χ1n) is 3.54. The van der Waals surface area contributed by atoms with Gasteiger partial charge in [0, 0.05) is 6.42 Å². The Morgan fingerprint density at radius 2 is 1.91 bits per heavy atom. The molecule has 3 atom stereocenters. The maximum Gasteiger partial charge on any atom is 0.141 e. The zero-order valence-corrected chi connectivity index (χ0v) is 6.27. The van der Waals surface area contributed by atoms with Crippen molar-refractivity contribution in [3.8, 4) is 0 Å². The minimum absolute atomic E-state index is 0.00991. The molecule has 1 fully saturated rings. The molecule has 0 N–H and O–H groups in total. The van der Waals surface area contributed by atoms with Crippen LogP contribution in [-0.2, 0) is 4.74 Å². The van der Waals surface area contributed by atoms with E-state index in [2.05, 4.69) is 10.4 Å². The van der Waals surface area contributed by atoms with Crippen LogP contribution in [0.3, 0.4) is 0 Å². The number of rotatable bonds is 2. The molecule has 0 aromatic carbocycles. The van der Waals surface area contributed by atoms with Gasteiger partial charge < -0.3 is 4.74 Å². The van der Waals surface area contributed by atoms with Crippen molar-refractivity contribution in [3.05, 3.63) is 9.81 Å². The van der Waals surface area contributed by atoms with Crippen LogP contribution in [0.4, 0.5) is 0 Å². The highest BCUT2D eigenvalue weighted by Gasteiger charge is 2.31. The number of nitrogens with zero attached hydrogens (tertiary/aromatic N) is 2. The fourth-order valence-electron chi connectivity index (χ4n) is 1.15. The van der Waals surface area contributed by atoms with Crippen LogP contribution in [0.5, 0.6) is 0 Å². The van der Waals surface area contributed by atoms with Crippen LogP contribution in [0.25, 0.3) is 0 Å². The van der Waals surface area contributed by atoms with Gasteiger partial charge in [-0.2, -0.15) is 9.81 Å². The van der Waals surface area contributed by atoms with Crippen LogP contribution < -0.4 is 0 Å². The third kappa shape index (κ3) is 1.80. The van der Waals surface area contributed by atoms with Gasteiger partial charge in [-0.3, -0.25) is 0 Å². The smallest absolute Gasteiger partial charge is 0.141 e. The average Bonchev–Trinajstić information content (AvgIpc) is 2.04. The molecule has 11 heavy (non-hydrogen) atoms. The van der Waals surface area contributed by atoms with Crippen molar-refractivity contribution in [2.24, 2.45) is 10.4 Å². The van der Waals surface area contributed by atoms with Crippen LogP contribution in [0.1, 0.15) is 13.3 Å². The summed E-state index contributed by atoms with van der Waals surface area (Å²) in [4.78, 5) is 20.3. The summed E-state index contributed by atoms with van der Waals surface area (Å²) in [5, 5.41) is 5.59. The third-order valence-corrected chi connectivity index (χ3v) is 1.84. The van der Waals surface area contributed by atoms with E-state index in [1.54, 1.807) is 0 Å². The summed E-state index contributed by atoms with van der Waals surface area (Å²) in [5.41, 5.74) is 0. The summed E-state index contributed by atoms with van der Waals surface area (Å²) in [7, 11) is 0. The molecule has 5 nitrogen and oxygen atoms in total. The maximum atomic E-state index is 10.2.